The lowest BCUT2D eigenvalue weighted by Gasteiger charge is -2.17. The maximum Gasteiger partial charge on any atom is 0.256 e. The minimum absolute atomic E-state index is 0.249. The van der Waals surface area contributed by atoms with Crippen molar-refractivity contribution in [3.63, 3.8) is 0 Å². The second-order valence-electron chi connectivity index (χ2n) is 6.07. The highest BCUT2D eigenvalue weighted by Crippen LogP contribution is 2.33. The summed E-state index contributed by atoms with van der Waals surface area (Å²) in [7, 11) is 0. The van der Waals surface area contributed by atoms with Crippen molar-refractivity contribution >= 4 is 34.2 Å². The van der Waals surface area contributed by atoms with E-state index in [2.05, 4.69) is 10.5 Å². The molecule has 0 saturated carbocycles. The van der Waals surface area contributed by atoms with Crippen molar-refractivity contribution in [3.8, 4) is 0 Å². The zero-order chi connectivity index (χ0) is 16.7. The van der Waals surface area contributed by atoms with Gasteiger partial charge in [0.2, 0.25) is 0 Å². The lowest BCUT2D eigenvalue weighted by atomic mass is 9.94. The molecule has 0 saturated heterocycles. The summed E-state index contributed by atoms with van der Waals surface area (Å²) in [5.41, 5.74) is 3.49. The molecule has 0 unspecified atom stereocenters. The fourth-order valence-electron chi connectivity index (χ4n) is 3.12. The molecule has 0 aliphatic heterocycles. The minimum atomic E-state index is -0.249. The van der Waals surface area contributed by atoms with Gasteiger partial charge in [0.15, 0.2) is 5.82 Å². The number of amides is 1. The van der Waals surface area contributed by atoms with Crippen molar-refractivity contribution in [1.82, 2.24) is 10.1 Å². The first-order chi connectivity index (χ1) is 11.6. The van der Waals surface area contributed by atoms with Crippen molar-refractivity contribution < 1.29 is 9.32 Å². The number of carbonyl (C=O) groups is 1. The third-order valence-electron chi connectivity index (χ3n) is 4.33. The summed E-state index contributed by atoms with van der Waals surface area (Å²) in [6, 6.07) is 7.07. The van der Waals surface area contributed by atoms with Crippen LogP contribution in [-0.2, 0) is 12.8 Å². The predicted molar refractivity (Wildman–Crippen MR) is 92.6 cm³/mol. The standard InChI is InChI=1S/C18H16ClN3O2/c1-10-8-16(22-24-10)21-18(23)11-6-7-13-15(9-11)20-14-5-3-2-4-12(14)17(13)19/h6-9H,2-5H2,1H3,(H,21,22,23). The molecule has 122 valence electrons. The van der Waals surface area contributed by atoms with E-state index in [1.165, 1.54) is 0 Å². The topological polar surface area (TPSA) is 68.0 Å². The van der Waals surface area contributed by atoms with Gasteiger partial charge in [0.1, 0.15) is 5.76 Å². The molecule has 1 N–H and O–H groups in total. The Labute approximate surface area is 144 Å². The number of hydrogen-bond donors (Lipinski definition) is 1. The van der Waals surface area contributed by atoms with E-state index in [1.807, 2.05) is 6.07 Å². The fraction of sp³-hybridized carbons (Fsp3) is 0.278. The molecule has 0 spiro atoms. The van der Waals surface area contributed by atoms with E-state index in [9.17, 15) is 4.79 Å². The number of halogens is 1. The second-order valence-corrected chi connectivity index (χ2v) is 6.44. The van der Waals surface area contributed by atoms with Gasteiger partial charge in [-0.3, -0.25) is 9.78 Å². The average Bonchev–Trinajstić information content (AvgIpc) is 2.99. The lowest BCUT2D eigenvalue weighted by molar-refractivity contribution is 0.102. The molecule has 1 aliphatic rings. The van der Waals surface area contributed by atoms with E-state index in [0.717, 1.165) is 52.9 Å². The Balaban J connectivity index is 1.71. The number of fused-ring (bicyclic) bond motifs is 2. The van der Waals surface area contributed by atoms with Crippen molar-refractivity contribution in [3.05, 3.63) is 51.9 Å². The molecule has 5 nitrogen and oxygen atoms in total. The molecule has 1 aromatic carbocycles. The molecular weight excluding hydrogens is 326 g/mol. The molecule has 3 aromatic rings. The first-order valence-corrected chi connectivity index (χ1v) is 8.35. The van der Waals surface area contributed by atoms with Gasteiger partial charge in [0.05, 0.1) is 10.5 Å². The summed E-state index contributed by atoms with van der Waals surface area (Å²) in [5, 5.41) is 8.15. The molecule has 1 aliphatic carbocycles. The van der Waals surface area contributed by atoms with Crippen molar-refractivity contribution in [2.24, 2.45) is 0 Å². The first kappa shape index (κ1) is 15.1. The van der Waals surface area contributed by atoms with Gasteiger partial charge in [-0.15, -0.1) is 0 Å². The minimum Gasteiger partial charge on any atom is -0.360 e. The van der Waals surface area contributed by atoms with Gasteiger partial charge < -0.3 is 9.84 Å². The van der Waals surface area contributed by atoms with Gasteiger partial charge in [0.25, 0.3) is 5.91 Å². The number of pyridine rings is 1. The number of nitrogens with one attached hydrogen (secondary N) is 1. The van der Waals surface area contributed by atoms with Gasteiger partial charge >= 0.3 is 0 Å². The number of hydrogen-bond acceptors (Lipinski definition) is 4. The summed E-state index contributed by atoms with van der Waals surface area (Å²) in [5.74, 6) is 0.791. The van der Waals surface area contributed by atoms with Gasteiger partial charge in [-0.1, -0.05) is 22.8 Å². The van der Waals surface area contributed by atoms with E-state index in [1.54, 1.807) is 25.1 Å². The Bertz CT molecular complexity index is 949. The maximum absolute atomic E-state index is 12.4. The molecule has 1 amide bonds. The molecule has 0 atom stereocenters. The van der Waals surface area contributed by atoms with Crippen LogP contribution in [0.4, 0.5) is 5.82 Å². The van der Waals surface area contributed by atoms with Crippen molar-refractivity contribution in [2.75, 3.05) is 5.32 Å². The van der Waals surface area contributed by atoms with E-state index in [-0.39, 0.29) is 5.91 Å². The van der Waals surface area contributed by atoms with Crippen LogP contribution in [0.1, 0.15) is 40.2 Å². The van der Waals surface area contributed by atoms with Gasteiger partial charge in [-0.2, -0.15) is 0 Å². The van der Waals surface area contributed by atoms with Crippen LogP contribution in [0.3, 0.4) is 0 Å². The molecule has 0 bridgehead atoms. The van der Waals surface area contributed by atoms with E-state index in [4.69, 9.17) is 21.1 Å². The Hall–Kier alpha value is -2.40. The number of aryl methyl sites for hydroxylation is 2. The van der Waals surface area contributed by atoms with Crippen LogP contribution in [0.2, 0.25) is 5.02 Å². The van der Waals surface area contributed by atoms with Crippen LogP contribution in [0, 0.1) is 6.92 Å². The van der Waals surface area contributed by atoms with Crippen LogP contribution in [0.25, 0.3) is 10.9 Å². The average molecular weight is 342 g/mol. The fourth-order valence-corrected chi connectivity index (χ4v) is 3.49. The van der Waals surface area contributed by atoms with Crippen LogP contribution in [-0.4, -0.2) is 16.0 Å². The van der Waals surface area contributed by atoms with Crippen LogP contribution < -0.4 is 5.32 Å². The van der Waals surface area contributed by atoms with E-state index in [0.29, 0.717) is 17.1 Å². The third-order valence-corrected chi connectivity index (χ3v) is 4.76. The number of anilines is 1. The zero-order valence-corrected chi connectivity index (χ0v) is 14.0. The van der Waals surface area contributed by atoms with Crippen LogP contribution in [0.5, 0.6) is 0 Å². The Morgan fingerprint density at radius 2 is 2.08 bits per heavy atom. The van der Waals surface area contributed by atoms with Crippen LogP contribution >= 0.6 is 11.6 Å². The summed E-state index contributed by atoms with van der Waals surface area (Å²) in [6.45, 7) is 1.77. The number of aromatic nitrogens is 2. The molecule has 4 rings (SSSR count). The highest BCUT2D eigenvalue weighted by molar-refractivity contribution is 6.36. The number of nitrogens with zero attached hydrogens (tertiary/aromatic N) is 2. The molecule has 2 heterocycles. The zero-order valence-electron chi connectivity index (χ0n) is 13.2. The summed E-state index contributed by atoms with van der Waals surface area (Å²) in [6.07, 6.45) is 4.20. The quantitative estimate of drug-likeness (QED) is 0.753. The highest BCUT2D eigenvalue weighted by atomic mass is 35.5. The summed E-state index contributed by atoms with van der Waals surface area (Å²) < 4.78 is 4.95. The normalized spacial score (nSPS) is 13.8. The molecule has 2 aromatic heterocycles. The third kappa shape index (κ3) is 2.65. The maximum atomic E-state index is 12.4. The lowest BCUT2D eigenvalue weighted by Crippen LogP contribution is -2.12. The van der Waals surface area contributed by atoms with Crippen molar-refractivity contribution in [2.45, 2.75) is 32.6 Å². The molecule has 24 heavy (non-hydrogen) atoms. The van der Waals surface area contributed by atoms with Crippen molar-refractivity contribution in [1.29, 1.82) is 0 Å². The van der Waals surface area contributed by atoms with Gasteiger partial charge in [0, 0.05) is 22.7 Å². The SMILES string of the molecule is Cc1cc(NC(=O)c2ccc3c(Cl)c4c(nc3c2)CCCC4)no1. The molecule has 6 heteroatoms. The Morgan fingerprint density at radius 1 is 1.25 bits per heavy atom. The first-order valence-electron chi connectivity index (χ1n) is 7.97. The Kier molecular flexibility index (Phi) is 3.73. The molecular formula is C18H16ClN3O2. The molecule has 0 radical (unpaired) electrons. The highest BCUT2D eigenvalue weighted by Gasteiger charge is 2.18. The number of benzene rings is 1. The van der Waals surface area contributed by atoms with E-state index >= 15 is 0 Å². The number of carbonyl (C=O) groups excluding carboxylic acids is 1. The Morgan fingerprint density at radius 3 is 2.88 bits per heavy atom. The van der Waals surface area contributed by atoms with E-state index < -0.39 is 0 Å². The smallest absolute Gasteiger partial charge is 0.256 e. The monoisotopic (exact) mass is 341 g/mol. The second kappa shape index (κ2) is 5.91. The van der Waals surface area contributed by atoms with Crippen LogP contribution in [0.15, 0.2) is 28.8 Å². The largest absolute Gasteiger partial charge is 0.360 e. The summed E-state index contributed by atoms with van der Waals surface area (Å²) in [4.78, 5) is 17.1. The molecule has 0 fully saturated rings. The predicted octanol–water partition coefficient (Wildman–Crippen LogP) is 4.32. The van der Waals surface area contributed by atoms with Gasteiger partial charge in [-0.25, -0.2) is 0 Å². The summed E-state index contributed by atoms with van der Waals surface area (Å²) >= 11 is 6.56. The van der Waals surface area contributed by atoms with Gasteiger partial charge in [-0.05, 0) is 50.3 Å². The number of rotatable bonds is 2.